The van der Waals surface area contributed by atoms with E-state index in [0.29, 0.717) is 6.04 Å². The molecule has 0 aromatic heterocycles. The van der Waals surface area contributed by atoms with Gasteiger partial charge >= 0.3 is 5.69 Å². The van der Waals surface area contributed by atoms with Gasteiger partial charge in [0.25, 0.3) is 0 Å². The van der Waals surface area contributed by atoms with Crippen molar-refractivity contribution in [2.24, 2.45) is 0 Å². The van der Waals surface area contributed by atoms with E-state index in [0.717, 1.165) is 24.9 Å². The smallest absolute Gasteiger partial charge is 0.305 e. The molecule has 0 bridgehead atoms. The Balaban J connectivity index is 2.10. The molecular weight excluding hydrogens is 223 g/mol. The van der Waals surface area contributed by atoms with Gasteiger partial charge in [0.05, 0.1) is 4.92 Å². The van der Waals surface area contributed by atoms with Crippen molar-refractivity contribution in [1.82, 2.24) is 5.32 Å². The summed E-state index contributed by atoms with van der Waals surface area (Å²) >= 11 is 0. The van der Waals surface area contributed by atoms with Gasteiger partial charge in [-0.1, -0.05) is 12.5 Å². The van der Waals surface area contributed by atoms with E-state index in [1.807, 2.05) is 0 Å². The monoisotopic (exact) mass is 238 g/mol. The highest BCUT2D eigenvalue weighted by Gasteiger charge is 2.17. The van der Waals surface area contributed by atoms with E-state index in [4.69, 9.17) is 0 Å². The maximum absolute atomic E-state index is 13.1. The standard InChI is InChI=1S/C12H15FN2O2/c13-11-5-4-9(8-12(11)15(16)17)7-10-3-1-2-6-14-10/h4-5,8,10,14H,1-3,6-7H2. The summed E-state index contributed by atoms with van der Waals surface area (Å²) in [6.45, 7) is 0.994. The van der Waals surface area contributed by atoms with Gasteiger partial charge in [-0.3, -0.25) is 10.1 Å². The third-order valence-corrected chi connectivity index (χ3v) is 3.10. The maximum Gasteiger partial charge on any atom is 0.305 e. The molecule has 0 amide bonds. The zero-order valence-electron chi connectivity index (χ0n) is 9.49. The van der Waals surface area contributed by atoms with Gasteiger partial charge in [-0.15, -0.1) is 0 Å². The molecule has 1 saturated heterocycles. The Morgan fingerprint density at radius 2 is 2.29 bits per heavy atom. The second-order valence-corrected chi connectivity index (χ2v) is 4.39. The number of hydrogen-bond acceptors (Lipinski definition) is 3. The fourth-order valence-electron chi connectivity index (χ4n) is 2.21. The van der Waals surface area contributed by atoms with E-state index < -0.39 is 16.4 Å². The predicted octanol–water partition coefficient (Wildman–Crippen LogP) is 2.42. The van der Waals surface area contributed by atoms with Crippen LogP contribution in [0.15, 0.2) is 18.2 Å². The molecule has 1 aliphatic rings. The fourth-order valence-corrected chi connectivity index (χ4v) is 2.21. The van der Waals surface area contributed by atoms with Gasteiger partial charge < -0.3 is 5.32 Å². The second kappa shape index (κ2) is 5.23. The van der Waals surface area contributed by atoms with Gasteiger partial charge in [0.15, 0.2) is 0 Å². The molecule has 4 nitrogen and oxygen atoms in total. The van der Waals surface area contributed by atoms with Gasteiger partial charge in [0.1, 0.15) is 0 Å². The minimum absolute atomic E-state index is 0.355. The van der Waals surface area contributed by atoms with Gasteiger partial charge in [0, 0.05) is 12.1 Å². The molecule has 1 atom stereocenters. The summed E-state index contributed by atoms with van der Waals surface area (Å²) in [5.74, 6) is -0.768. The van der Waals surface area contributed by atoms with Crippen molar-refractivity contribution in [2.75, 3.05) is 6.54 Å². The first-order chi connectivity index (χ1) is 8.16. The molecule has 0 aliphatic carbocycles. The number of nitro groups is 1. The highest BCUT2D eigenvalue weighted by atomic mass is 19.1. The largest absolute Gasteiger partial charge is 0.314 e. The van der Waals surface area contributed by atoms with Crippen molar-refractivity contribution >= 4 is 5.69 Å². The Morgan fingerprint density at radius 3 is 2.94 bits per heavy atom. The molecule has 0 saturated carbocycles. The van der Waals surface area contributed by atoms with E-state index in [1.54, 1.807) is 6.07 Å². The number of nitrogens with zero attached hydrogens (tertiary/aromatic N) is 1. The molecule has 1 aromatic rings. The summed E-state index contributed by atoms with van der Waals surface area (Å²) in [5.41, 5.74) is 0.385. The van der Waals surface area contributed by atoms with E-state index in [-0.39, 0.29) is 0 Å². The zero-order chi connectivity index (χ0) is 12.3. The van der Waals surface area contributed by atoms with E-state index >= 15 is 0 Å². The Hall–Kier alpha value is -1.49. The van der Waals surface area contributed by atoms with Gasteiger partial charge in [-0.25, -0.2) is 0 Å². The summed E-state index contributed by atoms with van der Waals surface area (Å²) in [5, 5.41) is 14.0. The highest BCUT2D eigenvalue weighted by Crippen LogP contribution is 2.20. The molecule has 1 unspecified atom stereocenters. The first-order valence-corrected chi connectivity index (χ1v) is 5.83. The number of nitro benzene ring substituents is 1. The van der Waals surface area contributed by atoms with Crippen LogP contribution in [0.4, 0.5) is 10.1 Å². The molecule has 92 valence electrons. The lowest BCUT2D eigenvalue weighted by atomic mass is 9.97. The summed E-state index contributed by atoms with van der Waals surface area (Å²) in [4.78, 5) is 9.94. The lowest BCUT2D eigenvalue weighted by molar-refractivity contribution is -0.387. The zero-order valence-corrected chi connectivity index (χ0v) is 9.49. The quantitative estimate of drug-likeness (QED) is 0.650. The number of nitrogens with one attached hydrogen (secondary N) is 1. The van der Waals surface area contributed by atoms with Crippen LogP contribution in [0.25, 0.3) is 0 Å². The molecule has 17 heavy (non-hydrogen) atoms. The summed E-state index contributed by atoms with van der Waals surface area (Å²) in [6.07, 6.45) is 4.16. The van der Waals surface area contributed by atoms with Crippen molar-refractivity contribution < 1.29 is 9.31 Å². The van der Waals surface area contributed by atoms with Crippen LogP contribution in [-0.4, -0.2) is 17.5 Å². The van der Waals surface area contributed by atoms with E-state index in [2.05, 4.69) is 5.32 Å². The molecule has 1 heterocycles. The van der Waals surface area contributed by atoms with Crippen LogP contribution in [0, 0.1) is 15.9 Å². The number of hydrogen-bond donors (Lipinski definition) is 1. The lowest BCUT2D eigenvalue weighted by Gasteiger charge is -2.23. The van der Waals surface area contributed by atoms with Gasteiger partial charge in [-0.2, -0.15) is 4.39 Å². The molecular formula is C12H15FN2O2. The summed E-state index contributed by atoms with van der Waals surface area (Å²) < 4.78 is 13.1. The number of benzene rings is 1. The van der Waals surface area contributed by atoms with Crippen molar-refractivity contribution in [1.29, 1.82) is 0 Å². The van der Waals surface area contributed by atoms with Crippen LogP contribution in [0.3, 0.4) is 0 Å². The van der Waals surface area contributed by atoms with Gasteiger partial charge in [-0.05, 0) is 37.4 Å². The molecule has 1 fully saturated rings. The van der Waals surface area contributed by atoms with Crippen LogP contribution >= 0.6 is 0 Å². The molecule has 1 aromatic carbocycles. The molecule has 2 rings (SSSR count). The van der Waals surface area contributed by atoms with Crippen molar-refractivity contribution in [3.8, 4) is 0 Å². The van der Waals surface area contributed by atoms with Crippen LogP contribution < -0.4 is 5.32 Å². The van der Waals surface area contributed by atoms with Gasteiger partial charge in [0.2, 0.25) is 5.82 Å². The Bertz CT molecular complexity index is 417. The number of rotatable bonds is 3. The van der Waals surface area contributed by atoms with E-state index in [9.17, 15) is 14.5 Å². The normalized spacial score (nSPS) is 20.2. The molecule has 0 spiro atoms. The predicted molar refractivity (Wildman–Crippen MR) is 62.4 cm³/mol. The average molecular weight is 238 g/mol. The first kappa shape index (κ1) is 12.0. The van der Waals surface area contributed by atoms with Crippen LogP contribution in [0.1, 0.15) is 24.8 Å². The summed E-state index contributed by atoms with van der Waals surface area (Å²) in [6, 6.07) is 4.49. The lowest BCUT2D eigenvalue weighted by Crippen LogP contribution is -2.35. The van der Waals surface area contributed by atoms with E-state index in [1.165, 1.54) is 25.0 Å². The second-order valence-electron chi connectivity index (χ2n) is 4.39. The average Bonchev–Trinajstić information content (AvgIpc) is 2.32. The Morgan fingerprint density at radius 1 is 1.47 bits per heavy atom. The molecule has 1 N–H and O–H groups in total. The Labute approximate surface area is 99.0 Å². The van der Waals surface area contributed by atoms with Crippen molar-refractivity contribution in [2.45, 2.75) is 31.7 Å². The highest BCUT2D eigenvalue weighted by molar-refractivity contribution is 5.36. The minimum Gasteiger partial charge on any atom is -0.314 e. The number of piperidine rings is 1. The number of halogens is 1. The molecule has 0 radical (unpaired) electrons. The van der Waals surface area contributed by atoms with Crippen LogP contribution in [0.2, 0.25) is 0 Å². The molecule has 5 heteroatoms. The SMILES string of the molecule is O=[N+]([O-])c1cc(CC2CCCCN2)ccc1F. The third-order valence-electron chi connectivity index (χ3n) is 3.10. The third kappa shape index (κ3) is 3.00. The Kier molecular flexibility index (Phi) is 3.68. The van der Waals surface area contributed by atoms with Crippen molar-refractivity contribution in [3.63, 3.8) is 0 Å². The van der Waals surface area contributed by atoms with Crippen molar-refractivity contribution in [3.05, 3.63) is 39.7 Å². The first-order valence-electron chi connectivity index (χ1n) is 5.83. The van der Waals surface area contributed by atoms with Crippen LogP contribution in [0.5, 0.6) is 0 Å². The summed E-state index contributed by atoms with van der Waals surface area (Å²) in [7, 11) is 0. The minimum atomic E-state index is -0.768. The molecule has 1 aliphatic heterocycles. The van der Waals surface area contributed by atoms with Crippen LogP contribution in [-0.2, 0) is 6.42 Å². The topological polar surface area (TPSA) is 55.2 Å². The maximum atomic E-state index is 13.1. The fraction of sp³-hybridized carbons (Fsp3) is 0.500.